The third-order valence-corrected chi connectivity index (χ3v) is 2.91. The quantitative estimate of drug-likeness (QED) is 0.651. The van der Waals surface area contributed by atoms with Crippen molar-refractivity contribution in [1.29, 1.82) is 0 Å². The van der Waals surface area contributed by atoms with E-state index in [1.165, 1.54) is 0 Å². The van der Waals surface area contributed by atoms with Gasteiger partial charge >= 0.3 is 0 Å². The molecule has 16 heavy (non-hydrogen) atoms. The molecular formula is C11H18N4O. The molecule has 0 aliphatic carbocycles. The van der Waals surface area contributed by atoms with Crippen molar-refractivity contribution in [2.75, 3.05) is 19.6 Å². The monoisotopic (exact) mass is 222 g/mol. The van der Waals surface area contributed by atoms with E-state index in [1.807, 2.05) is 0 Å². The van der Waals surface area contributed by atoms with Gasteiger partial charge < -0.3 is 15.7 Å². The third-order valence-electron chi connectivity index (χ3n) is 2.91. The highest BCUT2D eigenvalue weighted by Gasteiger charge is 2.28. The van der Waals surface area contributed by atoms with Gasteiger partial charge in [0.15, 0.2) is 0 Å². The van der Waals surface area contributed by atoms with Crippen LogP contribution >= 0.6 is 0 Å². The van der Waals surface area contributed by atoms with Crippen molar-refractivity contribution in [3.8, 4) is 0 Å². The largest absolute Gasteiger partial charge is 0.388 e. The minimum Gasteiger partial charge on any atom is -0.388 e. The SMILES string of the molecule is OC1(CNCc2cnccn2)CCNCC1. The molecule has 1 aliphatic rings. The molecule has 0 amide bonds. The molecular weight excluding hydrogens is 204 g/mol. The molecule has 2 heterocycles. The Bertz CT molecular complexity index is 311. The van der Waals surface area contributed by atoms with Gasteiger partial charge in [-0.15, -0.1) is 0 Å². The first-order valence-electron chi connectivity index (χ1n) is 5.67. The summed E-state index contributed by atoms with van der Waals surface area (Å²) in [5.41, 5.74) is 0.341. The number of hydrogen-bond donors (Lipinski definition) is 3. The molecule has 5 nitrogen and oxygen atoms in total. The Labute approximate surface area is 95.3 Å². The zero-order chi connectivity index (χ0) is 11.3. The Balaban J connectivity index is 1.75. The van der Waals surface area contributed by atoms with Crippen LogP contribution in [0, 0.1) is 0 Å². The maximum atomic E-state index is 10.2. The van der Waals surface area contributed by atoms with Crippen molar-refractivity contribution in [3.63, 3.8) is 0 Å². The lowest BCUT2D eigenvalue weighted by atomic mass is 9.92. The van der Waals surface area contributed by atoms with E-state index in [4.69, 9.17) is 0 Å². The molecule has 0 atom stereocenters. The van der Waals surface area contributed by atoms with Gasteiger partial charge in [-0.2, -0.15) is 0 Å². The normalized spacial score (nSPS) is 19.6. The Morgan fingerprint density at radius 2 is 2.19 bits per heavy atom. The molecule has 0 aromatic carbocycles. The lowest BCUT2D eigenvalue weighted by Crippen LogP contribution is -2.48. The molecule has 1 aliphatic heterocycles. The highest BCUT2D eigenvalue weighted by Crippen LogP contribution is 2.16. The number of nitrogens with zero attached hydrogens (tertiary/aromatic N) is 2. The van der Waals surface area contributed by atoms with Gasteiger partial charge in [-0.3, -0.25) is 9.97 Å². The predicted octanol–water partition coefficient (Wildman–Crippen LogP) is -0.319. The van der Waals surface area contributed by atoms with E-state index in [0.29, 0.717) is 13.1 Å². The fourth-order valence-electron chi connectivity index (χ4n) is 1.91. The maximum Gasteiger partial charge on any atom is 0.0795 e. The summed E-state index contributed by atoms with van der Waals surface area (Å²) in [6.07, 6.45) is 6.68. The average molecular weight is 222 g/mol. The van der Waals surface area contributed by atoms with Crippen LogP contribution in [0.3, 0.4) is 0 Å². The summed E-state index contributed by atoms with van der Waals surface area (Å²) in [4.78, 5) is 8.16. The summed E-state index contributed by atoms with van der Waals surface area (Å²) in [6.45, 7) is 3.06. The Kier molecular flexibility index (Phi) is 3.82. The van der Waals surface area contributed by atoms with Crippen LogP contribution in [0.1, 0.15) is 18.5 Å². The number of aliphatic hydroxyl groups is 1. The fraction of sp³-hybridized carbons (Fsp3) is 0.636. The number of nitrogens with one attached hydrogen (secondary N) is 2. The van der Waals surface area contributed by atoms with E-state index in [0.717, 1.165) is 31.6 Å². The molecule has 1 aromatic rings. The zero-order valence-electron chi connectivity index (χ0n) is 9.32. The number of rotatable bonds is 4. The van der Waals surface area contributed by atoms with Crippen molar-refractivity contribution < 1.29 is 5.11 Å². The summed E-state index contributed by atoms with van der Waals surface area (Å²) < 4.78 is 0. The van der Waals surface area contributed by atoms with Crippen LogP contribution in [0.15, 0.2) is 18.6 Å². The first-order chi connectivity index (χ1) is 7.79. The van der Waals surface area contributed by atoms with Crippen LogP contribution < -0.4 is 10.6 Å². The Morgan fingerprint density at radius 1 is 1.38 bits per heavy atom. The maximum absolute atomic E-state index is 10.2. The first-order valence-corrected chi connectivity index (χ1v) is 5.67. The summed E-state index contributed by atoms with van der Waals surface area (Å²) >= 11 is 0. The molecule has 88 valence electrons. The molecule has 0 spiro atoms. The van der Waals surface area contributed by atoms with Crippen molar-refractivity contribution in [2.45, 2.75) is 25.0 Å². The highest BCUT2D eigenvalue weighted by molar-refractivity contribution is 4.95. The average Bonchev–Trinajstić information content (AvgIpc) is 2.31. The Hall–Kier alpha value is -1.04. The molecule has 5 heteroatoms. The summed E-state index contributed by atoms with van der Waals surface area (Å²) in [5.74, 6) is 0. The van der Waals surface area contributed by atoms with Crippen LogP contribution in [0.25, 0.3) is 0 Å². The number of piperidine rings is 1. The van der Waals surface area contributed by atoms with Crippen LogP contribution in [0.2, 0.25) is 0 Å². The van der Waals surface area contributed by atoms with Crippen LogP contribution in [0.5, 0.6) is 0 Å². The van der Waals surface area contributed by atoms with Crippen LogP contribution in [-0.4, -0.2) is 40.3 Å². The van der Waals surface area contributed by atoms with E-state index in [1.54, 1.807) is 18.6 Å². The third kappa shape index (κ3) is 3.23. The molecule has 1 fully saturated rings. The summed E-state index contributed by atoms with van der Waals surface area (Å²) in [7, 11) is 0. The second kappa shape index (κ2) is 5.34. The van der Waals surface area contributed by atoms with Crippen molar-refractivity contribution >= 4 is 0 Å². The number of hydrogen-bond acceptors (Lipinski definition) is 5. The standard InChI is InChI=1S/C11H18N4O/c16-11(1-3-12-4-2-11)9-14-8-10-7-13-5-6-15-10/h5-7,12,14,16H,1-4,8-9H2. The van der Waals surface area contributed by atoms with Gasteiger partial charge in [-0.05, 0) is 25.9 Å². The van der Waals surface area contributed by atoms with Crippen molar-refractivity contribution in [2.24, 2.45) is 0 Å². The van der Waals surface area contributed by atoms with Gasteiger partial charge in [0.05, 0.1) is 11.3 Å². The molecule has 2 rings (SSSR count). The molecule has 1 aromatic heterocycles. The van der Waals surface area contributed by atoms with Crippen molar-refractivity contribution in [3.05, 3.63) is 24.3 Å². The summed E-state index contributed by atoms with van der Waals surface area (Å²) in [5, 5.41) is 16.7. The van der Waals surface area contributed by atoms with Gasteiger partial charge in [-0.1, -0.05) is 0 Å². The molecule has 1 saturated heterocycles. The topological polar surface area (TPSA) is 70.1 Å². The fourth-order valence-corrected chi connectivity index (χ4v) is 1.91. The van der Waals surface area contributed by atoms with Gasteiger partial charge in [-0.25, -0.2) is 0 Å². The summed E-state index contributed by atoms with van der Waals surface area (Å²) in [6, 6.07) is 0. The molecule has 0 saturated carbocycles. The van der Waals surface area contributed by atoms with E-state index in [-0.39, 0.29) is 0 Å². The van der Waals surface area contributed by atoms with E-state index in [2.05, 4.69) is 20.6 Å². The zero-order valence-corrected chi connectivity index (χ0v) is 9.32. The van der Waals surface area contributed by atoms with E-state index >= 15 is 0 Å². The second-order valence-electron chi connectivity index (χ2n) is 4.27. The first kappa shape index (κ1) is 11.4. The van der Waals surface area contributed by atoms with Gasteiger partial charge in [0.25, 0.3) is 0 Å². The second-order valence-corrected chi connectivity index (χ2v) is 4.27. The minimum atomic E-state index is -0.562. The van der Waals surface area contributed by atoms with Gasteiger partial charge in [0.1, 0.15) is 0 Å². The van der Waals surface area contributed by atoms with Gasteiger partial charge in [0.2, 0.25) is 0 Å². The predicted molar refractivity (Wildman–Crippen MR) is 60.8 cm³/mol. The smallest absolute Gasteiger partial charge is 0.0795 e. The highest BCUT2D eigenvalue weighted by atomic mass is 16.3. The molecule has 0 radical (unpaired) electrons. The van der Waals surface area contributed by atoms with Crippen LogP contribution in [0.4, 0.5) is 0 Å². The molecule has 0 unspecified atom stereocenters. The lowest BCUT2D eigenvalue weighted by molar-refractivity contribution is 0.0109. The molecule has 3 N–H and O–H groups in total. The van der Waals surface area contributed by atoms with E-state index < -0.39 is 5.60 Å². The van der Waals surface area contributed by atoms with E-state index in [9.17, 15) is 5.11 Å². The van der Waals surface area contributed by atoms with Crippen LogP contribution in [-0.2, 0) is 6.54 Å². The van der Waals surface area contributed by atoms with Gasteiger partial charge in [0, 0.05) is 31.7 Å². The molecule has 0 bridgehead atoms. The lowest BCUT2D eigenvalue weighted by Gasteiger charge is -2.32. The Morgan fingerprint density at radius 3 is 2.88 bits per heavy atom. The van der Waals surface area contributed by atoms with Crippen molar-refractivity contribution in [1.82, 2.24) is 20.6 Å². The minimum absolute atomic E-state index is 0.562. The number of aromatic nitrogens is 2.